The van der Waals surface area contributed by atoms with Crippen molar-refractivity contribution < 1.29 is 4.79 Å². The summed E-state index contributed by atoms with van der Waals surface area (Å²) in [4.78, 5) is 13.8. The van der Waals surface area contributed by atoms with Crippen LogP contribution in [0.4, 0.5) is 0 Å². The predicted octanol–water partition coefficient (Wildman–Crippen LogP) is 2.02. The zero-order valence-electron chi connectivity index (χ0n) is 10.8. The number of rotatable bonds is 5. The van der Waals surface area contributed by atoms with Gasteiger partial charge >= 0.3 is 0 Å². The van der Waals surface area contributed by atoms with E-state index in [4.69, 9.17) is 0 Å². The van der Waals surface area contributed by atoms with E-state index in [1.165, 1.54) is 19.3 Å². The van der Waals surface area contributed by atoms with E-state index in [0.29, 0.717) is 18.2 Å². The van der Waals surface area contributed by atoms with Crippen molar-refractivity contribution >= 4 is 5.91 Å². The van der Waals surface area contributed by atoms with E-state index in [2.05, 4.69) is 17.1 Å². The molecule has 1 saturated heterocycles. The SMILES string of the molecule is CCCN(CC1CCCCNC1)C(=O)CC. The van der Waals surface area contributed by atoms with Crippen molar-refractivity contribution in [1.82, 2.24) is 10.2 Å². The molecule has 1 atom stereocenters. The molecule has 1 amide bonds. The summed E-state index contributed by atoms with van der Waals surface area (Å²) in [6.07, 6.45) is 5.56. The minimum atomic E-state index is 0.311. The lowest BCUT2D eigenvalue weighted by Gasteiger charge is -2.26. The third-order valence-corrected chi connectivity index (χ3v) is 3.28. The van der Waals surface area contributed by atoms with Gasteiger partial charge in [-0.3, -0.25) is 4.79 Å². The Bertz CT molecular complexity index is 198. The Labute approximate surface area is 99.6 Å². The van der Waals surface area contributed by atoms with Crippen molar-refractivity contribution in [3.63, 3.8) is 0 Å². The molecule has 94 valence electrons. The summed E-state index contributed by atoms with van der Waals surface area (Å²) in [6.45, 7) is 8.19. The number of nitrogens with zero attached hydrogens (tertiary/aromatic N) is 1. The Hall–Kier alpha value is -0.570. The molecule has 0 spiro atoms. The number of hydrogen-bond acceptors (Lipinski definition) is 2. The third kappa shape index (κ3) is 4.52. The molecular weight excluding hydrogens is 200 g/mol. The number of carbonyl (C=O) groups is 1. The van der Waals surface area contributed by atoms with Crippen LogP contribution in [-0.4, -0.2) is 37.0 Å². The first kappa shape index (κ1) is 13.5. The number of carbonyl (C=O) groups excluding carboxylic acids is 1. The van der Waals surface area contributed by atoms with E-state index in [1.54, 1.807) is 0 Å². The topological polar surface area (TPSA) is 32.3 Å². The Morgan fingerprint density at radius 3 is 2.88 bits per heavy atom. The molecule has 3 heteroatoms. The number of hydrogen-bond donors (Lipinski definition) is 1. The predicted molar refractivity (Wildman–Crippen MR) is 67.4 cm³/mol. The molecule has 1 fully saturated rings. The van der Waals surface area contributed by atoms with Gasteiger partial charge in [0.25, 0.3) is 0 Å². The van der Waals surface area contributed by atoms with Crippen LogP contribution in [0.3, 0.4) is 0 Å². The van der Waals surface area contributed by atoms with Crippen LogP contribution in [0.1, 0.15) is 46.0 Å². The van der Waals surface area contributed by atoms with Crippen LogP contribution in [0.5, 0.6) is 0 Å². The van der Waals surface area contributed by atoms with Crippen LogP contribution in [0.2, 0.25) is 0 Å². The molecule has 0 aliphatic carbocycles. The van der Waals surface area contributed by atoms with Gasteiger partial charge < -0.3 is 10.2 Å². The van der Waals surface area contributed by atoms with Gasteiger partial charge in [-0.05, 0) is 38.3 Å². The lowest BCUT2D eigenvalue weighted by molar-refractivity contribution is -0.131. The molecule has 16 heavy (non-hydrogen) atoms. The zero-order valence-corrected chi connectivity index (χ0v) is 10.8. The summed E-state index contributed by atoms with van der Waals surface area (Å²) in [6, 6.07) is 0. The van der Waals surface area contributed by atoms with Crippen molar-refractivity contribution in [1.29, 1.82) is 0 Å². The van der Waals surface area contributed by atoms with Gasteiger partial charge in [0, 0.05) is 19.5 Å². The zero-order chi connectivity index (χ0) is 11.8. The summed E-state index contributed by atoms with van der Waals surface area (Å²) in [5.74, 6) is 0.968. The van der Waals surface area contributed by atoms with Gasteiger partial charge in [-0.2, -0.15) is 0 Å². The highest BCUT2D eigenvalue weighted by molar-refractivity contribution is 5.75. The van der Waals surface area contributed by atoms with Crippen molar-refractivity contribution in [2.45, 2.75) is 46.0 Å². The Balaban J connectivity index is 2.42. The third-order valence-electron chi connectivity index (χ3n) is 3.28. The van der Waals surface area contributed by atoms with Gasteiger partial charge in [0.1, 0.15) is 0 Å². The summed E-state index contributed by atoms with van der Waals surface area (Å²) in [5.41, 5.74) is 0. The molecule has 3 nitrogen and oxygen atoms in total. The first-order chi connectivity index (χ1) is 7.77. The van der Waals surface area contributed by atoms with E-state index in [1.807, 2.05) is 6.92 Å². The highest BCUT2D eigenvalue weighted by Crippen LogP contribution is 2.13. The molecule has 0 radical (unpaired) electrons. The maximum absolute atomic E-state index is 11.8. The van der Waals surface area contributed by atoms with E-state index >= 15 is 0 Å². The van der Waals surface area contributed by atoms with E-state index in [-0.39, 0.29) is 0 Å². The summed E-state index contributed by atoms with van der Waals surface area (Å²) in [7, 11) is 0. The molecular formula is C13H26N2O. The molecule has 1 aliphatic rings. The van der Waals surface area contributed by atoms with E-state index in [0.717, 1.165) is 32.6 Å². The minimum absolute atomic E-state index is 0.311. The van der Waals surface area contributed by atoms with E-state index < -0.39 is 0 Å². The first-order valence-corrected chi connectivity index (χ1v) is 6.76. The maximum Gasteiger partial charge on any atom is 0.222 e. The molecule has 1 heterocycles. The van der Waals surface area contributed by atoms with Crippen molar-refractivity contribution in [2.75, 3.05) is 26.2 Å². The van der Waals surface area contributed by atoms with Gasteiger partial charge in [0.15, 0.2) is 0 Å². The largest absolute Gasteiger partial charge is 0.342 e. The normalized spacial score (nSPS) is 21.5. The second-order valence-electron chi connectivity index (χ2n) is 4.76. The van der Waals surface area contributed by atoms with Gasteiger partial charge in [-0.1, -0.05) is 20.3 Å². The van der Waals surface area contributed by atoms with Crippen molar-refractivity contribution in [2.24, 2.45) is 5.92 Å². The second-order valence-corrected chi connectivity index (χ2v) is 4.76. The monoisotopic (exact) mass is 226 g/mol. The van der Waals surface area contributed by atoms with Gasteiger partial charge in [0.05, 0.1) is 0 Å². The standard InChI is InChI=1S/C13H26N2O/c1-3-9-15(13(16)4-2)11-12-7-5-6-8-14-10-12/h12,14H,3-11H2,1-2H3. The van der Waals surface area contributed by atoms with Gasteiger partial charge in [-0.15, -0.1) is 0 Å². The summed E-state index contributed by atoms with van der Waals surface area (Å²) < 4.78 is 0. The molecule has 1 aliphatic heterocycles. The van der Waals surface area contributed by atoms with Crippen molar-refractivity contribution in [3.05, 3.63) is 0 Å². The Morgan fingerprint density at radius 1 is 1.38 bits per heavy atom. The molecule has 0 aromatic heterocycles. The Morgan fingerprint density at radius 2 is 2.19 bits per heavy atom. The van der Waals surface area contributed by atoms with Gasteiger partial charge in [0.2, 0.25) is 5.91 Å². The highest BCUT2D eigenvalue weighted by atomic mass is 16.2. The van der Waals surface area contributed by atoms with E-state index in [9.17, 15) is 4.79 Å². The second kappa shape index (κ2) is 7.66. The molecule has 0 aromatic rings. The first-order valence-electron chi connectivity index (χ1n) is 6.76. The number of amides is 1. The van der Waals surface area contributed by atoms with Crippen LogP contribution < -0.4 is 5.32 Å². The van der Waals surface area contributed by atoms with Crippen LogP contribution in [0.25, 0.3) is 0 Å². The van der Waals surface area contributed by atoms with Crippen LogP contribution in [-0.2, 0) is 4.79 Å². The quantitative estimate of drug-likeness (QED) is 0.778. The lowest BCUT2D eigenvalue weighted by atomic mass is 10.0. The molecule has 1 N–H and O–H groups in total. The maximum atomic E-state index is 11.8. The summed E-state index contributed by atoms with van der Waals surface area (Å²) in [5, 5.41) is 3.46. The average Bonchev–Trinajstić information content (AvgIpc) is 2.56. The molecule has 1 rings (SSSR count). The Kier molecular flexibility index (Phi) is 6.46. The average molecular weight is 226 g/mol. The van der Waals surface area contributed by atoms with Crippen LogP contribution in [0.15, 0.2) is 0 Å². The lowest BCUT2D eigenvalue weighted by Crippen LogP contribution is -2.38. The molecule has 0 aromatic carbocycles. The van der Waals surface area contributed by atoms with Crippen molar-refractivity contribution in [3.8, 4) is 0 Å². The fourth-order valence-corrected chi connectivity index (χ4v) is 2.37. The van der Waals surface area contributed by atoms with Crippen LogP contribution >= 0.6 is 0 Å². The smallest absolute Gasteiger partial charge is 0.222 e. The molecule has 0 bridgehead atoms. The summed E-state index contributed by atoms with van der Waals surface area (Å²) >= 11 is 0. The fourth-order valence-electron chi connectivity index (χ4n) is 2.37. The molecule has 1 unspecified atom stereocenters. The minimum Gasteiger partial charge on any atom is -0.342 e. The fraction of sp³-hybridized carbons (Fsp3) is 0.923. The van der Waals surface area contributed by atoms with Gasteiger partial charge in [-0.25, -0.2) is 0 Å². The van der Waals surface area contributed by atoms with Crippen LogP contribution in [0, 0.1) is 5.92 Å². The highest BCUT2D eigenvalue weighted by Gasteiger charge is 2.18. The number of nitrogens with one attached hydrogen (secondary N) is 1. The molecule has 0 saturated carbocycles.